The number of amides is 1. The largest absolute Gasteiger partial charge is 0.317 e. The van der Waals surface area contributed by atoms with E-state index in [1.54, 1.807) is 47.0 Å². The number of carbonyl (C=O) groups is 1. The topological polar surface area (TPSA) is 93.8 Å². The van der Waals surface area contributed by atoms with Gasteiger partial charge in [-0.3, -0.25) is 14.6 Å². The van der Waals surface area contributed by atoms with E-state index >= 15 is 0 Å². The smallest absolute Gasteiger partial charge is 0.263 e. The average Bonchev–Trinajstić information content (AvgIpc) is 3.16. The molecule has 1 saturated heterocycles. The van der Waals surface area contributed by atoms with Crippen LogP contribution >= 0.6 is 24.8 Å². The summed E-state index contributed by atoms with van der Waals surface area (Å²) >= 11 is 0. The van der Waals surface area contributed by atoms with Gasteiger partial charge in [0.15, 0.2) is 0 Å². The molecule has 3 aromatic heterocycles. The van der Waals surface area contributed by atoms with Crippen LogP contribution in [-0.2, 0) is 6.54 Å². The summed E-state index contributed by atoms with van der Waals surface area (Å²) in [7, 11) is 0. The van der Waals surface area contributed by atoms with Crippen LogP contribution in [0.3, 0.4) is 0 Å². The maximum atomic E-state index is 13.1. The van der Waals surface area contributed by atoms with Gasteiger partial charge < -0.3 is 15.2 Å². The molecule has 1 amide bonds. The van der Waals surface area contributed by atoms with Gasteiger partial charge in [0.05, 0.1) is 12.7 Å². The van der Waals surface area contributed by atoms with Gasteiger partial charge in [0.1, 0.15) is 11.4 Å². The number of hydrogen-bond donors (Lipinski definition) is 2. The summed E-state index contributed by atoms with van der Waals surface area (Å²) < 4.78 is 3.40. The number of nitrogens with zero attached hydrogens (tertiary/aromatic N) is 4. The Labute approximate surface area is 192 Å². The maximum Gasteiger partial charge on any atom is 0.263 e. The van der Waals surface area contributed by atoms with Gasteiger partial charge in [-0.25, -0.2) is 4.68 Å². The van der Waals surface area contributed by atoms with Crippen molar-refractivity contribution in [2.75, 3.05) is 18.4 Å². The van der Waals surface area contributed by atoms with Crippen molar-refractivity contribution in [3.63, 3.8) is 0 Å². The molecule has 4 rings (SSSR count). The molecule has 1 aliphatic heterocycles. The molecule has 1 aliphatic rings. The van der Waals surface area contributed by atoms with Crippen molar-refractivity contribution in [1.82, 2.24) is 24.6 Å². The van der Waals surface area contributed by atoms with Gasteiger partial charge in [0.25, 0.3) is 11.5 Å². The number of rotatable bonds is 5. The van der Waals surface area contributed by atoms with E-state index < -0.39 is 5.91 Å². The second-order valence-electron chi connectivity index (χ2n) is 7.25. The number of aryl methyl sites for hydroxylation is 1. The summed E-state index contributed by atoms with van der Waals surface area (Å²) in [6, 6.07) is 7.47. The van der Waals surface area contributed by atoms with Gasteiger partial charge in [0.2, 0.25) is 0 Å². The molecule has 0 aromatic carbocycles. The molecule has 0 spiro atoms. The molecule has 0 unspecified atom stereocenters. The third kappa shape index (κ3) is 5.52. The number of carbonyl (C=O) groups excluding carboxylic acids is 1. The van der Waals surface area contributed by atoms with Crippen LogP contribution in [0, 0.1) is 6.92 Å². The number of piperidine rings is 1. The van der Waals surface area contributed by atoms with Gasteiger partial charge >= 0.3 is 0 Å². The highest BCUT2D eigenvalue weighted by Crippen LogP contribution is 2.18. The highest BCUT2D eigenvalue weighted by atomic mass is 35.5. The van der Waals surface area contributed by atoms with Crippen molar-refractivity contribution in [2.45, 2.75) is 32.4 Å². The SMILES string of the molecule is Cc1ccn(C2CCNCC2)c(=O)c1C(=O)Nc1ccnn1Cc1ccncc1.Cl.Cl. The van der Waals surface area contributed by atoms with Crippen molar-refractivity contribution < 1.29 is 4.79 Å². The number of aromatic nitrogens is 4. The van der Waals surface area contributed by atoms with E-state index in [0.717, 1.165) is 31.5 Å². The van der Waals surface area contributed by atoms with E-state index in [4.69, 9.17) is 0 Å². The Morgan fingerprint density at radius 1 is 1.13 bits per heavy atom. The summed E-state index contributed by atoms with van der Waals surface area (Å²) in [6.45, 7) is 4.04. The molecular formula is C21H26Cl2N6O2. The molecule has 10 heteroatoms. The summed E-state index contributed by atoms with van der Waals surface area (Å²) in [5, 5.41) is 10.4. The third-order valence-corrected chi connectivity index (χ3v) is 5.30. The summed E-state index contributed by atoms with van der Waals surface area (Å²) in [5.74, 6) is 0.134. The monoisotopic (exact) mass is 464 g/mol. The molecule has 1 fully saturated rings. The molecule has 0 aliphatic carbocycles. The predicted octanol–water partition coefficient (Wildman–Crippen LogP) is 2.82. The lowest BCUT2D eigenvalue weighted by Crippen LogP contribution is -2.37. The molecule has 8 nitrogen and oxygen atoms in total. The van der Waals surface area contributed by atoms with Crippen molar-refractivity contribution in [3.8, 4) is 0 Å². The van der Waals surface area contributed by atoms with Crippen LogP contribution in [-0.4, -0.2) is 38.3 Å². The highest BCUT2D eigenvalue weighted by molar-refractivity contribution is 6.04. The second kappa shape index (κ2) is 11.1. The Morgan fingerprint density at radius 2 is 1.84 bits per heavy atom. The number of halogens is 2. The molecule has 166 valence electrons. The Bertz CT molecular complexity index is 1060. The molecule has 0 saturated carbocycles. The van der Waals surface area contributed by atoms with Crippen LogP contribution in [0.4, 0.5) is 5.82 Å². The number of anilines is 1. The van der Waals surface area contributed by atoms with Crippen LogP contribution in [0.15, 0.2) is 53.8 Å². The Balaban J connectivity index is 0.00000171. The molecule has 31 heavy (non-hydrogen) atoms. The van der Waals surface area contributed by atoms with Gasteiger partial charge in [-0.1, -0.05) is 0 Å². The van der Waals surface area contributed by atoms with Crippen LogP contribution in [0.5, 0.6) is 0 Å². The summed E-state index contributed by atoms with van der Waals surface area (Å²) in [4.78, 5) is 30.1. The zero-order chi connectivity index (χ0) is 20.2. The number of pyridine rings is 2. The standard InChI is InChI=1S/C21H24N6O2.2ClH/c1-15-7-13-26(17-4-10-23-11-5-17)21(29)19(15)20(28)25-18-6-12-24-27(18)14-16-2-8-22-9-3-16;;/h2-3,6-9,12-13,17,23H,4-5,10-11,14H2,1H3,(H,25,28);2*1H. The fourth-order valence-corrected chi connectivity index (χ4v) is 3.69. The number of hydrogen-bond acceptors (Lipinski definition) is 5. The zero-order valence-electron chi connectivity index (χ0n) is 17.2. The van der Waals surface area contributed by atoms with Gasteiger partial charge in [-0.05, 0) is 62.2 Å². The molecule has 2 N–H and O–H groups in total. The number of nitrogens with one attached hydrogen (secondary N) is 2. The first kappa shape index (κ1) is 24.6. The fourth-order valence-electron chi connectivity index (χ4n) is 3.69. The van der Waals surface area contributed by atoms with Crippen LogP contribution in [0.1, 0.15) is 40.4 Å². The van der Waals surface area contributed by atoms with Crippen molar-refractivity contribution in [3.05, 3.63) is 76.1 Å². The van der Waals surface area contributed by atoms with Crippen LogP contribution in [0.25, 0.3) is 0 Å². The lowest BCUT2D eigenvalue weighted by atomic mass is 10.0. The van der Waals surface area contributed by atoms with Crippen molar-refractivity contribution in [1.29, 1.82) is 0 Å². The van der Waals surface area contributed by atoms with E-state index in [0.29, 0.717) is 17.9 Å². The van der Waals surface area contributed by atoms with E-state index in [2.05, 4.69) is 20.7 Å². The Morgan fingerprint density at radius 3 is 2.55 bits per heavy atom. The second-order valence-corrected chi connectivity index (χ2v) is 7.25. The van der Waals surface area contributed by atoms with Crippen molar-refractivity contribution in [2.24, 2.45) is 0 Å². The van der Waals surface area contributed by atoms with Crippen LogP contribution < -0.4 is 16.2 Å². The lowest BCUT2D eigenvalue weighted by molar-refractivity contribution is 0.102. The molecule has 4 heterocycles. The Hall–Kier alpha value is -2.68. The average molecular weight is 465 g/mol. The molecular weight excluding hydrogens is 439 g/mol. The lowest BCUT2D eigenvalue weighted by Gasteiger charge is -2.25. The molecule has 0 atom stereocenters. The maximum absolute atomic E-state index is 13.1. The first-order valence-electron chi connectivity index (χ1n) is 9.78. The fraction of sp³-hybridized carbons (Fsp3) is 0.333. The summed E-state index contributed by atoms with van der Waals surface area (Å²) in [6.07, 6.45) is 8.62. The summed E-state index contributed by atoms with van der Waals surface area (Å²) in [5.41, 5.74) is 1.62. The predicted molar refractivity (Wildman–Crippen MR) is 125 cm³/mol. The van der Waals surface area contributed by atoms with E-state index in [9.17, 15) is 9.59 Å². The first-order valence-corrected chi connectivity index (χ1v) is 9.78. The minimum Gasteiger partial charge on any atom is -0.317 e. The van der Waals surface area contributed by atoms with Crippen LogP contribution in [0.2, 0.25) is 0 Å². The van der Waals surface area contributed by atoms with E-state index in [1.807, 2.05) is 18.2 Å². The minimum atomic E-state index is -0.410. The quantitative estimate of drug-likeness (QED) is 0.605. The van der Waals surface area contributed by atoms with E-state index in [-0.39, 0.29) is 42.0 Å². The zero-order valence-corrected chi connectivity index (χ0v) is 18.8. The van der Waals surface area contributed by atoms with Gasteiger partial charge in [-0.15, -0.1) is 24.8 Å². The molecule has 0 bridgehead atoms. The van der Waals surface area contributed by atoms with Gasteiger partial charge in [0, 0.05) is 30.7 Å². The molecule has 0 radical (unpaired) electrons. The Kier molecular flexibility index (Phi) is 8.79. The van der Waals surface area contributed by atoms with Crippen molar-refractivity contribution >= 4 is 36.5 Å². The normalized spacial score (nSPS) is 13.7. The van der Waals surface area contributed by atoms with E-state index in [1.165, 1.54) is 0 Å². The first-order chi connectivity index (χ1) is 14.1. The third-order valence-electron chi connectivity index (χ3n) is 5.30. The minimum absolute atomic E-state index is 0. The highest BCUT2D eigenvalue weighted by Gasteiger charge is 2.22. The van der Waals surface area contributed by atoms with Gasteiger partial charge in [-0.2, -0.15) is 5.10 Å². The molecule has 3 aromatic rings.